The summed E-state index contributed by atoms with van der Waals surface area (Å²) in [7, 11) is 0. The molecule has 1 aromatic carbocycles. The van der Waals surface area contributed by atoms with Crippen LogP contribution in [0.3, 0.4) is 0 Å². The van der Waals surface area contributed by atoms with E-state index in [9.17, 15) is 0 Å². The summed E-state index contributed by atoms with van der Waals surface area (Å²) in [6, 6.07) is 8.23. The number of rotatable bonds is 4. The summed E-state index contributed by atoms with van der Waals surface area (Å²) in [6.07, 6.45) is 7.58. The van der Waals surface area contributed by atoms with Crippen LogP contribution in [-0.2, 0) is 0 Å². The van der Waals surface area contributed by atoms with E-state index in [2.05, 4.69) is 58.5 Å². The van der Waals surface area contributed by atoms with Gasteiger partial charge in [-0.3, -0.25) is 5.10 Å². The van der Waals surface area contributed by atoms with Gasteiger partial charge in [-0.2, -0.15) is 5.10 Å². The lowest BCUT2D eigenvalue weighted by Crippen LogP contribution is -2.17. The fraction of sp³-hybridized carbons (Fsp3) is 0.200. The number of anilines is 3. The van der Waals surface area contributed by atoms with Crippen LogP contribution >= 0.6 is 0 Å². The molecule has 5 aromatic rings. The monoisotopic (exact) mass is 385 g/mol. The van der Waals surface area contributed by atoms with Crippen molar-refractivity contribution in [2.45, 2.75) is 12.8 Å². The molecule has 0 radical (unpaired) electrons. The molecule has 144 valence electrons. The Morgan fingerprint density at radius 2 is 2.00 bits per heavy atom. The number of benzene rings is 1. The van der Waals surface area contributed by atoms with Crippen LogP contribution in [0, 0.1) is 0 Å². The summed E-state index contributed by atoms with van der Waals surface area (Å²) >= 11 is 0. The molecule has 5 heterocycles. The van der Waals surface area contributed by atoms with Gasteiger partial charge in [0.1, 0.15) is 29.0 Å². The summed E-state index contributed by atoms with van der Waals surface area (Å²) in [6.45, 7) is 2.16. The van der Waals surface area contributed by atoms with Crippen molar-refractivity contribution < 1.29 is 0 Å². The minimum atomic E-state index is 0.716. The van der Waals surface area contributed by atoms with Crippen molar-refractivity contribution in [2.75, 3.05) is 23.3 Å². The zero-order valence-corrected chi connectivity index (χ0v) is 15.6. The molecule has 0 atom stereocenters. The van der Waals surface area contributed by atoms with Gasteiger partial charge in [0, 0.05) is 19.3 Å². The lowest BCUT2D eigenvalue weighted by Gasteiger charge is -2.17. The topological polar surface area (TPSA) is 114 Å². The highest BCUT2D eigenvalue weighted by atomic mass is 15.2. The molecule has 1 saturated heterocycles. The molecule has 9 nitrogen and oxygen atoms in total. The van der Waals surface area contributed by atoms with Crippen molar-refractivity contribution in [1.82, 2.24) is 35.1 Å². The van der Waals surface area contributed by atoms with E-state index in [1.165, 1.54) is 24.9 Å². The Morgan fingerprint density at radius 3 is 2.93 bits per heavy atom. The Balaban J connectivity index is 1.41. The van der Waals surface area contributed by atoms with E-state index in [0.717, 1.165) is 52.4 Å². The van der Waals surface area contributed by atoms with Crippen LogP contribution in [-0.4, -0.2) is 48.2 Å². The third-order valence-electron chi connectivity index (χ3n) is 5.42. The molecular weight excluding hydrogens is 366 g/mol. The number of aromatic amines is 3. The quantitative estimate of drug-likeness (QED) is 0.376. The highest BCUT2D eigenvalue weighted by molar-refractivity contribution is 5.93. The van der Waals surface area contributed by atoms with Gasteiger partial charge in [-0.05, 0) is 31.0 Å². The molecule has 4 aromatic heterocycles. The van der Waals surface area contributed by atoms with Gasteiger partial charge in [-0.25, -0.2) is 15.0 Å². The van der Waals surface area contributed by atoms with Gasteiger partial charge in [0.2, 0.25) is 0 Å². The van der Waals surface area contributed by atoms with E-state index < -0.39 is 0 Å². The molecule has 6 rings (SSSR count). The second kappa shape index (κ2) is 6.33. The second-order valence-electron chi connectivity index (χ2n) is 7.20. The number of hydrogen-bond donors (Lipinski definition) is 4. The number of para-hydroxylation sites is 1. The van der Waals surface area contributed by atoms with Crippen LogP contribution < -0.4 is 10.2 Å². The Bertz CT molecular complexity index is 1310. The molecule has 1 aliphatic heterocycles. The summed E-state index contributed by atoms with van der Waals surface area (Å²) in [4.78, 5) is 22.5. The highest BCUT2D eigenvalue weighted by Crippen LogP contribution is 2.33. The smallest absolute Gasteiger partial charge is 0.158 e. The van der Waals surface area contributed by atoms with Crippen molar-refractivity contribution in [2.24, 2.45) is 0 Å². The molecule has 1 aliphatic rings. The Labute approximate surface area is 165 Å². The van der Waals surface area contributed by atoms with E-state index in [1.807, 2.05) is 12.3 Å². The first-order valence-electron chi connectivity index (χ1n) is 9.69. The summed E-state index contributed by atoms with van der Waals surface area (Å²) in [5.41, 5.74) is 5.55. The maximum atomic E-state index is 4.91. The largest absolute Gasteiger partial charge is 0.370 e. The maximum Gasteiger partial charge on any atom is 0.158 e. The number of aromatic nitrogens is 7. The second-order valence-corrected chi connectivity index (χ2v) is 7.20. The van der Waals surface area contributed by atoms with E-state index in [0.29, 0.717) is 5.82 Å². The SMILES string of the molecule is c1cc(N2CCCC2)c2nc(-c3[nH]ncc3Nc3ncnc4[nH]ccc34)[nH]c2c1. The summed E-state index contributed by atoms with van der Waals surface area (Å²) in [5.74, 6) is 1.46. The first kappa shape index (κ1) is 16.1. The van der Waals surface area contributed by atoms with Gasteiger partial charge in [0.25, 0.3) is 0 Å². The Morgan fingerprint density at radius 1 is 1.07 bits per heavy atom. The van der Waals surface area contributed by atoms with Gasteiger partial charge in [0.15, 0.2) is 5.82 Å². The molecule has 1 fully saturated rings. The minimum absolute atomic E-state index is 0.716. The Kier molecular flexibility index (Phi) is 3.52. The van der Waals surface area contributed by atoms with E-state index in [4.69, 9.17) is 4.98 Å². The standard InChI is InChI=1S/C20H19N9/c1-2-9-29(8-1)15-5-3-4-13-16(15)27-20(25-13)17-14(10-24-28-17)26-19-12-6-7-21-18(12)22-11-23-19/h3-7,10-11H,1-2,8-9H2,(H,24,28)(H,25,27)(H2,21,22,23,26). The van der Waals surface area contributed by atoms with Crippen LogP contribution in [0.25, 0.3) is 33.6 Å². The predicted octanol–water partition coefficient (Wildman–Crippen LogP) is 3.57. The Hall–Kier alpha value is -3.88. The first-order chi connectivity index (χ1) is 14.4. The van der Waals surface area contributed by atoms with Crippen molar-refractivity contribution in [3.05, 3.63) is 43.0 Å². The number of H-pyrrole nitrogens is 3. The first-order valence-corrected chi connectivity index (χ1v) is 9.69. The molecule has 0 aliphatic carbocycles. The lowest BCUT2D eigenvalue weighted by atomic mass is 10.2. The van der Waals surface area contributed by atoms with Gasteiger partial charge in [-0.15, -0.1) is 0 Å². The minimum Gasteiger partial charge on any atom is -0.370 e. The molecule has 0 bridgehead atoms. The summed E-state index contributed by atoms with van der Waals surface area (Å²) in [5, 5.41) is 11.6. The average molecular weight is 385 g/mol. The van der Waals surface area contributed by atoms with Crippen molar-refractivity contribution in [3.8, 4) is 11.5 Å². The lowest BCUT2D eigenvalue weighted by molar-refractivity contribution is 0.949. The van der Waals surface area contributed by atoms with Crippen molar-refractivity contribution >= 4 is 39.3 Å². The van der Waals surface area contributed by atoms with Crippen LogP contribution in [0.5, 0.6) is 0 Å². The van der Waals surface area contributed by atoms with Gasteiger partial charge < -0.3 is 20.2 Å². The molecule has 0 amide bonds. The molecule has 29 heavy (non-hydrogen) atoms. The maximum absolute atomic E-state index is 4.91. The third-order valence-corrected chi connectivity index (χ3v) is 5.42. The molecule has 0 unspecified atom stereocenters. The van der Waals surface area contributed by atoms with E-state index in [1.54, 1.807) is 6.20 Å². The zero-order valence-electron chi connectivity index (χ0n) is 15.6. The molecule has 9 heteroatoms. The number of hydrogen-bond acceptors (Lipinski definition) is 6. The fourth-order valence-corrected chi connectivity index (χ4v) is 4.01. The van der Waals surface area contributed by atoms with Gasteiger partial charge in [-0.1, -0.05) is 6.07 Å². The van der Waals surface area contributed by atoms with E-state index >= 15 is 0 Å². The molecule has 0 saturated carbocycles. The zero-order chi connectivity index (χ0) is 19.2. The molecular formula is C20H19N9. The van der Waals surface area contributed by atoms with Gasteiger partial charge >= 0.3 is 0 Å². The predicted molar refractivity (Wildman–Crippen MR) is 112 cm³/mol. The highest BCUT2D eigenvalue weighted by Gasteiger charge is 2.19. The number of nitrogens with zero attached hydrogens (tertiary/aromatic N) is 5. The van der Waals surface area contributed by atoms with Crippen LogP contribution in [0.4, 0.5) is 17.2 Å². The third kappa shape index (κ3) is 2.62. The molecule has 4 N–H and O–H groups in total. The summed E-state index contributed by atoms with van der Waals surface area (Å²) < 4.78 is 0. The number of nitrogens with one attached hydrogen (secondary N) is 4. The molecule has 0 spiro atoms. The number of fused-ring (bicyclic) bond motifs is 2. The van der Waals surface area contributed by atoms with E-state index in [-0.39, 0.29) is 0 Å². The number of imidazole rings is 1. The fourth-order valence-electron chi connectivity index (χ4n) is 4.01. The van der Waals surface area contributed by atoms with Crippen molar-refractivity contribution in [1.29, 1.82) is 0 Å². The van der Waals surface area contributed by atoms with Gasteiger partial charge in [0.05, 0.1) is 28.5 Å². The van der Waals surface area contributed by atoms with Crippen LogP contribution in [0.2, 0.25) is 0 Å². The van der Waals surface area contributed by atoms with Crippen LogP contribution in [0.15, 0.2) is 43.0 Å². The average Bonchev–Trinajstić information content (AvgIpc) is 3.53. The van der Waals surface area contributed by atoms with Crippen molar-refractivity contribution in [3.63, 3.8) is 0 Å². The van der Waals surface area contributed by atoms with Crippen LogP contribution in [0.1, 0.15) is 12.8 Å². The normalized spacial score (nSPS) is 14.3.